The van der Waals surface area contributed by atoms with Crippen molar-refractivity contribution >= 4 is 56.8 Å². The summed E-state index contributed by atoms with van der Waals surface area (Å²) in [4.78, 5) is 22.5. The molecule has 3 amide bonds. The molecule has 1 rings (SSSR count). The molecule has 0 saturated carbocycles. The highest BCUT2D eigenvalue weighted by molar-refractivity contribution is 9.10. The van der Waals surface area contributed by atoms with Gasteiger partial charge in [-0.25, -0.2) is 4.79 Å². The molecule has 0 unspecified atom stereocenters. The van der Waals surface area contributed by atoms with Gasteiger partial charge < -0.3 is 5.32 Å². The first-order chi connectivity index (χ1) is 8.04. The number of halogens is 3. The van der Waals surface area contributed by atoms with Gasteiger partial charge in [-0.15, -0.1) is 11.6 Å². The lowest BCUT2D eigenvalue weighted by Gasteiger charge is -2.08. The SMILES string of the molecule is O=C(CCCl)NC(=O)Nc1cccc(Cl)c1Br. The highest BCUT2D eigenvalue weighted by Crippen LogP contribution is 2.29. The fourth-order valence-corrected chi connectivity index (χ4v) is 1.74. The van der Waals surface area contributed by atoms with E-state index in [0.29, 0.717) is 15.2 Å². The van der Waals surface area contributed by atoms with Gasteiger partial charge in [-0.2, -0.15) is 0 Å². The number of anilines is 1. The Labute approximate surface area is 117 Å². The molecule has 17 heavy (non-hydrogen) atoms. The number of alkyl halides is 1. The van der Waals surface area contributed by atoms with Crippen molar-refractivity contribution < 1.29 is 9.59 Å². The Bertz CT molecular complexity index is 440. The molecule has 0 aromatic heterocycles. The number of amides is 3. The highest BCUT2D eigenvalue weighted by Gasteiger charge is 2.10. The van der Waals surface area contributed by atoms with E-state index in [2.05, 4.69) is 26.6 Å². The highest BCUT2D eigenvalue weighted by atomic mass is 79.9. The second kappa shape index (κ2) is 6.83. The molecule has 1 aromatic rings. The molecule has 0 aliphatic rings. The second-order valence-electron chi connectivity index (χ2n) is 3.04. The maximum absolute atomic E-state index is 11.4. The van der Waals surface area contributed by atoms with Crippen LogP contribution < -0.4 is 10.6 Å². The van der Waals surface area contributed by atoms with E-state index in [4.69, 9.17) is 23.2 Å². The van der Waals surface area contributed by atoms with E-state index in [1.165, 1.54) is 0 Å². The predicted molar refractivity (Wildman–Crippen MR) is 71.7 cm³/mol. The van der Waals surface area contributed by atoms with E-state index < -0.39 is 11.9 Å². The van der Waals surface area contributed by atoms with E-state index in [1.807, 2.05) is 0 Å². The van der Waals surface area contributed by atoms with Crippen molar-refractivity contribution in [2.75, 3.05) is 11.2 Å². The van der Waals surface area contributed by atoms with Crippen molar-refractivity contribution in [3.05, 3.63) is 27.7 Å². The summed E-state index contributed by atoms with van der Waals surface area (Å²) < 4.78 is 0.557. The van der Waals surface area contributed by atoms with Gasteiger partial charge in [-0.05, 0) is 28.1 Å². The molecular formula is C10H9BrCl2N2O2. The molecule has 0 aliphatic heterocycles. The number of nitrogens with one attached hydrogen (secondary N) is 2. The Kier molecular flexibility index (Phi) is 5.74. The number of imide groups is 1. The lowest BCUT2D eigenvalue weighted by Crippen LogP contribution is -2.34. The molecule has 0 saturated heterocycles. The zero-order chi connectivity index (χ0) is 12.8. The molecule has 0 spiro atoms. The number of hydrogen-bond acceptors (Lipinski definition) is 2. The van der Waals surface area contributed by atoms with Crippen LogP contribution in [0.3, 0.4) is 0 Å². The average Bonchev–Trinajstić information content (AvgIpc) is 2.25. The minimum Gasteiger partial charge on any atom is -0.306 e. The van der Waals surface area contributed by atoms with Gasteiger partial charge in [0.25, 0.3) is 0 Å². The number of hydrogen-bond donors (Lipinski definition) is 2. The van der Waals surface area contributed by atoms with Crippen molar-refractivity contribution in [3.63, 3.8) is 0 Å². The van der Waals surface area contributed by atoms with Crippen LogP contribution in [0, 0.1) is 0 Å². The van der Waals surface area contributed by atoms with Gasteiger partial charge in [-0.1, -0.05) is 17.7 Å². The normalized spacial score (nSPS) is 9.82. The van der Waals surface area contributed by atoms with Crippen molar-refractivity contribution in [1.29, 1.82) is 0 Å². The molecule has 0 fully saturated rings. The number of urea groups is 1. The number of benzene rings is 1. The van der Waals surface area contributed by atoms with Crippen LogP contribution in [0.4, 0.5) is 10.5 Å². The summed E-state index contributed by atoms with van der Waals surface area (Å²) in [6, 6.07) is 4.39. The number of carbonyl (C=O) groups excluding carboxylic acids is 2. The van der Waals surface area contributed by atoms with Gasteiger partial charge >= 0.3 is 6.03 Å². The molecule has 0 radical (unpaired) electrons. The first kappa shape index (κ1) is 14.3. The number of rotatable bonds is 3. The van der Waals surface area contributed by atoms with E-state index in [-0.39, 0.29) is 12.3 Å². The van der Waals surface area contributed by atoms with Crippen LogP contribution >= 0.6 is 39.1 Å². The molecule has 4 nitrogen and oxygen atoms in total. The zero-order valence-electron chi connectivity index (χ0n) is 8.60. The standard InChI is InChI=1S/C10H9BrCl2N2O2/c11-9-6(13)2-1-3-7(9)14-10(17)15-8(16)4-5-12/h1-3H,4-5H2,(H2,14,15,16,17). The van der Waals surface area contributed by atoms with Crippen LogP contribution in [0.5, 0.6) is 0 Å². The Hall–Kier alpha value is -0.780. The van der Waals surface area contributed by atoms with E-state index >= 15 is 0 Å². The minimum atomic E-state index is -0.622. The van der Waals surface area contributed by atoms with Gasteiger partial charge in [0.2, 0.25) is 5.91 Å². The monoisotopic (exact) mass is 338 g/mol. The number of carbonyl (C=O) groups is 2. The summed E-state index contributed by atoms with van der Waals surface area (Å²) in [6.45, 7) is 0. The Morgan fingerprint density at radius 3 is 2.71 bits per heavy atom. The van der Waals surface area contributed by atoms with Crippen LogP contribution in [0.1, 0.15) is 6.42 Å². The molecule has 1 aromatic carbocycles. The summed E-state index contributed by atoms with van der Waals surface area (Å²) in [7, 11) is 0. The van der Waals surface area contributed by atoms with E-state index in [9.17, 15) is 9.59 Å². The summed E-state index contributed by atoms with van der Waals surface area (Å²) in [5.74, 6) is -0.268. The topological polar surface area (TPSA) is 58.2 Å². The first-order valence-electron chi connectivity index (χ1n) is 4.65. The van der Waals surface area contributed by atoms with Gasteiger partial charge in [0.15, 0.2) is 0 Å². The van der Waals surface area contributed by atoms with Crippen molar-refractivity contribution in [3.8, 4) is 0 Å². The van der Waals surface area contributed by atoms with Crippen LogP contribution in [0.25, 0.3) is 0 Å². The van der Waals surface area contributed by atoms with Crippen LogP contribution in [-0.4, -0.2) is 17.8 Å². The maximum Gasteiger partial charge on any atom is 0.325 e. The van der Waals surface area contributed by atoms with E-state index in [1.54, 1.807) is 18.2 Å². The molecular weight excluding hydrogens is 331 g/mol. The van der Waals surface area contributed by atoms with Gasteiger partial charge in [0, 0.05) is 12.3 Å². The van der Waals surface area contributed by atoms with Crippen LogP contribution in [0.2, 0.25) is 5.02 Å². The van der Waals surface area contributed by atoms with Gasteiger partial charge in [0.1, 0.15) is 0 Å². The second-order valence-corrected chi connectivity index (χ2v) is 4.62. The largest absolute Gasteiger partial charge is 0.325 e. The summed E-state index contributed by atoms with van der Waals surface area (Å²) in [6.07, 6.45) is 0.0890. The first-order valence-corrected chi connectivity index (χ1v) is 6.36. The Balaban J connectivity index is 2.62. The maximum atomic E-state index is 11.4. The third kappa shape index (κ3) is 4.53. The average molecular weight is 340 g/mol. The summed E-state index contributed by atoms with van der Waals surface area (Å²) in [5, 5.41) is 5.10. The van der Waals surface area contributed by atoms with Crippen molar-refractivity contribution in [2.45, 2.75) is 6.42 Å². The van der Waals surface area contributed by atoms with Gasteiger partial charge in [-0.3, -0.25) is 10.1 Å². The quantitative estimate of drug-likeness (QED) is 0.829. The Morgan fingerprint density at radius 2 is 2.06 bits per heavy atom. The van der Waals surface area contributed by atoms with Gasteiger partial charge in [0.05, 0.1) is 15.2 Å². The lowest BCUT2D eigenvalue weighted by molar-refractivity contribution is -0.119. The fraction of sp³-hybridized carbons (Fsp3) is 0.200. The molecule has 2 N–H and O–H groups in total. The molecule has 0 atom stereocenters. The summed E-state index contributed by atoms with van der Waals surface area (Å²) >= 11 is 14.4. The molecule has 7 heteroatoms. The van der Waals surface area contributed by atoms with Crippen LogP contribution in [0.15, 0.2) is 22.7 Å². The Morgan fingerprint density at radius 1 is 1.35 bits per heavy atom. The van der Waals surface area contributed by atoms with Crippen LogP contribution in [-0.2, 0) is 4.79 Å². The molecule has 0 heterocycles. The molecule has 0 bridgehead atoms. The minimum absolute atomic E-state index is 0.0890. The zero-order valence-corrected chi connectivity index (χ0v) is 11.7. The predicted octanol–water partition coefficient (Wildman–Crippen LogP) is 3.38. The third-order valence-corrected chi connectivity index (χ3v) is 3.36. The van der Waals surface area contributed by atoms with Crippen molar-refractivity contribution in [2.24, 2.45) is 0 Å². The van der Waals surface area contributed by atoms with E-state index in [0.717, 1.165) is 0 Å². The summed E-state index contributed by atoms with van der Waals surface area (Å²) in [5.41, 5.74) is 0.480. The van der Waals surface area contributed by atoms with Crippen molar-refractivity contribution in [1.82, 2.24) is 5.32 Å². The molecule has 92 valence electrons. The smallest absolute Gasteiger partial charge is 0.306 e. The molecule has 0 aliphatic carbocycles. The fourth-order valence-electron chi connectivity index (χ4n) is 1.03. The third-order valence-electron chi connectivity index (χ3n) is 1.77. The lowest BCUT2D eigenvalue weighted by atomic mass is 10.3.